The monoisotopic (exact) mass is 475 g/mol. The van der Waals surface area contributed by atoms with E-state index in [9.17, 15) is 8.42 Å². The molecule has 0 spiro atoms. The van der Waals surface area contributed by atoms with Gasteiger partial charge in [0.2, 0.25) is 0 Å². The van der Waals surface area contributed by atoms with Crippen molar-refractivity contribution in [3.05, 3.63) is 0 Å². The van der Waals surface area contributed by atoms with Crippen molar-refractivity contribution in [1.82, 2.24) is 10.6 Å². The summed E-state index contributed by atoms with van der Waals surface area (Å²) in [6.45, 7) is 6.35. The van der Waals surface area contributed by atoms with Gasteiger partial charge in [0.1, 0.15) is 9.84 Å². The Morgan fingerprint density at radius 2 is 1.83 bits per heavy atom. The predicted molar refractivity (Wildman–Crippen MR) is 111 cm³/mol. The van der Waals surface area contributed by atoms with Crippen LogP contribution in [-0.2, 0) is 14.6 Å². The second-order valence-corrected chi connectivity index (χ2v) is 8.53. The van der Waals surface area contributed by atoms with Crippen LogP contribution in [0.5, 0.6) is 0 Å². The van der Waals surface area contributed by atoms with Gasteiger partial charge in [-0.2, -0.15) is 0 Å². The lowest BCUT2D eigenvalue weighted by Gasteiger charge is -2.29. The SMILES string of the molecule is CCNC(=NCCOCCS(C)(=O)=O)NC1CCC(CC)CC1.I. The van der Waals surface area contributed by atoms with Crippen LogP contribution in [0.2, 0.25) is 0 Å². The molecule has 8 heteroatoms. The molecular weight excluding hydrogens is 441 g/mol. The summed E-state index contributed by atoms with van der Waals surface area (Å²) in [5.41, 5.74) is 0. The number of aliphatic imine (C=N–C) groups is 1. The van der Waals surface area contributed by atoms with Gasteiger partial charge < -0.3 is 15.4 Å². The Kier molecular flexibility index (Phi) is 13.1. The normalized spacial score (nSPS) is 21.9. The van der Waals surface area contributed by atoms with Crippen molar-refractivity contribution in [2.24, 2.45) is 10.9 Å². The van der Waals surface area contributed by atoms with Crippen molar-refractivity contribution in [2.75, 3.05) is 38.3 Å². The third-order valence-electron chi connectivity index (χ3n) is 4.21. The van der Waals surface area contributed by atoms with Crippen LogP contribution in [0, 0.1) is 5.92 Å². The summed E-state index contributed by atoms with van der Waals surface area (Å²) < 4.78 is 27.3. The predicted octanol–water partition coefficient (Wildman–Crippen LogP) is 2.19. The van der Waals surface area contributed by atoms with Gasteiger partial charge in [0.25, 0.3) is 0 Å². The molecule has 0 bridgehead atoms. The molecule has 6 nitrogen and oxygen atoms in total. The second kappa shape index (κ2) is 13.2. The number of ether oxygens (including phenoxy) is 1. The van der Waals surface area contributed by atoms with Gasteiger partial charge in [-0.3, -0.25) is 4.99 Å². The standard InChI is InChI=1S/C16H33N3O3S.HI/c1-4-14-6-8-15(9-7-14)19-16(17-5-2)18-10-11-22-12-13-23(3,20)21;/h14-15H,4-13H2,1-3H3,(H2,17,18,19);1H. The van der Waals surface area contributed by atoms with Gasteiger partial charge in [0.05, 0.1) is 25.5 Å². The second-order valence-electron chi connectivity index (χ2n) is 6.27. The Hall–Kier alpha value is -0.0900. The van der Waals surface area contributed by atoms with Crippen molar-refractivity contribution < 1.29 is 13.2 Å². The van der Waals surface area contributed by atoms with Crippen LogP contribution in [0.15, 0.2) is 4.99 Å². The number of hydrogen-bond donors (Lipinski definition) is 2. The van der Waals surface area contributed by atoms with Crippen molar-refractivity contribution in [1.29, 1.82) is 0 Å². The van der Waals surface area contributed by atoms with Gasteiger partial charge in [-0.05, 0) is 38.5 Å². The van der Waals surface area contributed by atoms with Crippen LogP contribution in [0.4, 0.5) is 0 Å². The van der Waals surface area contributed by atoms with Gasteiger partial charge in [0, 0.05) is 18.8 Å². The van der Waals surface area contributed by atoms with Crippen LogP contribution in [-0.4, -0.2) is 58.7 Å². The highest BCUT2D eigenvalue weighted by Crippen LogP contribution is 2.26. The minimum Gasteiger partial charge on any atom is -0.378 e. The zero-order valence-corrected chi connectivity index (χ0v) is 18.4. The molecule has 24 heavy (non-hydrogen) atoms. The highest BCUT2D eigenvalue weighted by molar-refractivity contribution is 14.0. The number of nitrogens with zero attached hydrogens (tertiary/aromatic N) is 1. The van der Waals surface area contributed by atoms with Gasteiger partial charge in [-0.15, -0.1) is 24.0 Å². The molecule has 2 N–H and O–H groups in total. The summed E-state index contributed by atoms with van der Waals surface area (Å²) >= 11 is 0. The zero-order chi connectivity index (χ0) is 17.1. The first-order valence-electron chi connectivity index (χ1n) is 8.75. The molecule has 1 aliphatic rings. The summed E-state index contributed by atoms with van der Waals surface area (Å²) in [5, 5.41) is 6.76. The van der Waals surface area contributed by atoms with Crippen LogP contribution < -0.4 is 10.6 Å². The Morgan fingerprint density at radius 3 is 2.38 bits per heavy atom. The molecule has 0 saturated heterocycles. The van der Waals surface area contributed by atoms with Crippen molar-refractivity contribution >= 4 is 39.8 Å². The lowest BCUT2D eigenvalue weighted by atomic mass is 9.84. The molecule has 0 amide bonds. The van der Waals surface area contributed by atoms with Crippen LogP contribution in [0.3, 0.4) is 0 Å². The Labute approximate surface area is 164 Å². The van der Waals surface area contributed by atoms with E-state index in [2.05, 4.69) is 22.5 Å². The number of nitrogens with one attached hydrogen (secondary N) is 2. The molecule has 1 rings (SSSR count). The number of hydrogen-bond acceptors (Lipinski definition) is 4. The fraction of sp³-hybridized carbons (Fsp3) is 0.938. The minimum absolute atomic E-state index is 0. The van der Waals surface area contributed by atoms with E-state index in [0.717, 1.165) is 18.4 Å². The first-order valence-corrected chi connectivity index (χ1v) is 10.8. The van der Waals surface area contributed by atoms with E-state index >= 15 is 0 Å². The maximum absolute atomic E-state index is 11.0. The zero-order valence-electron chi connectivity index (χ0n) is 15.2. The number of rotatable bonds is 9. The van der Waals surface area contributed by atoms with Gasteiger partial charge >= 0.3 is 0 Å². The Bertz CT molecular complexity index is 449. The molecule has 1 saturated carbocycles. The Morgan fingerprint density at radius 1 is 1.17 bits per heavy atom. The molecule has 1 fully saturated rings. The highest BCUT2D eigenvalue weighted by atomic mass is 127. The van der Waals surface area contributed by atoms with Crippen LogP contribution >= 0.6 is 24.0 Å². The smallest absolute Gasteiger partial charge is 0.191 e. The Balaban J connectivity index is 0.00000529. The molecule has 0 aromatic heterocycles. The molecule has 0 heterocycles. The first kappa shape index (κ1) is 23.9. The third kappa shape index (κ3) is 11.5. The van der Waals surface area contributed by atoms with Gasteiger partial charge in [0.15, 0.2) is 5.96 Å². The van der Waals surface area contributed by atoms with E-state index in [1.165, 1.54) is 38.4 Å². The fourth-order valence-corrected chi connectivity index (χ4v) is 3.18. The van der Waals surface area contributed by atoms with E-state index in [0.29, 0.717) is 19.2 Å². The molecule has 0 atom stereocenters. The number of sulfone groups is 1. The maximum Gasteiger partial charge on any atom is 0.191 e. The van der Waals surface area contributed by atoms with Crippen molar-refractivity contribution in [2.45, 2.75) is 52.0 Å². The topological polar surface area (TPSA) is 79.8 Å². The molecule has 0 aromatic rings. The van der Waals surface area contributed by atoms with E-state index in [1.54, 1.807) is 0 Å². The van der Waals surface area contributed by atoms with Crippen LogP contribution in [0.1, 0.15) is 46.0 Å². The maximum atomic E-state index is 11.0. The molecule has 0 radical (unpaired) electrons. The quantitative estimate of drug-likeness (QED) is 0.231. The van der Waals surface area contributed by atoms with Gasteiger partial charge in [-0.25, -0.2) is 8.42 Å². The lowest BCUT2D eigenvalue weighted by Crippen LogP contribution is -2.45. The largest absolute Gasteiger partial charge is 0.378 e. The molecule has 0 unspecified atom stereocenters. The third-order valence-corrected chi connectivity index (χ3v) is 5.12. The highest BCUT2D eigenvalue weighted by Gasteiger charge is 2.20. The molecule has 144 valence electrons. The molecule has 1 aliphatic carbocycles. The van der Waals surface area contributed by atoms with E-state index in [-0.39, 0.29) is 36.3 Å². The average Bonchev–Trinajstić information content (AvgIpc) is 2.50. The summed E-state index contributed by atoms with van der Waals surface area (Å²) in [5.74, 6) is 1.78. The minimum atomic E-state index is -2.95. The summed E-state index contributed by atoms with van der Waals surface area (Å²) in [4.78, 5) is 4.50. The summed E-state index contributed by atoms with van der Waals surface area (Å²) in [6.07, 6.45) is 7.49. The summed E-state index contributed by atoms with van der Waals surface area (Å²) in [7, 11) is -2.95. The number of halogens is 1. The van der Waals surface area contributed by atoms with Crippen molar-refractivity contribution in [3.63, 3.8) is 0 Å². The van der Waals surface area contributed by atoms with Crippen LogP contribution in [0.25, 0.3) is 0 Å². The van der Waals surface area contributed by atoms with E-state index in [4.69, 9.17) is 4.74 Å². The summed E-state index contributed by atoms with van der Waals surface area (Å²) in [6, 6.07) is 0.502. The average molecular weight is 475 g/mol. The molecule has 0 aliphatic heterocycles. The first-order chi connectivity index (χ1) is 10.9. The molecular formula is C16H34IN3O3S. The molecule has 0 aromatic carbocycles. The number of guanidine groups is 1. The lowest BCUT2D eigenvalue weighted by molar-refractivity contribution is 0.157. The van der Waals surface area contributed by atoms with Gasteiger partial charge in [-0.1, -0.05) is 13.3 Å². The fourth-order valence-electron chi connectivity index (χ4n) is 2.76. The van der Waals surface area contributed by atoms with E-state index < -0.39 is 9.84 Å². The van der Waals surface area contributed by atoms with E-state index in [1.807, 2.05) is 6.92 Å². The van der Waals surface area contributed by atoms with Crippen molar-refractivity contribution in [3.8, 4) is 0 Å².